The van der Waals surface area contributed by atoms with Gasteiger partial charge in [-0.2, -0.15) is 31.6 Å². The van der Waals surface area contributed by atoms with Gasteiger partial charge in [0.1, 0.15) is 0 Å². The highest BCUT2D eigenvalue weighted by atomic mass is 19.4. The standard InChI is InChI=1S/C48H27F6N5/c49-47(50,51)36-23-35(24-37(27-36)48(52,53)54)34-19-21-39(46-57-44(31-9-3-1-4-10-31)56-45(58-46)32-11-5-2-6-12-32)43(26-34)59-41-14-8-7-13-38(41)40-25-33(20-22-42(40)59)30-17-15-29(28-55)16-18-30/h1-27H. The largest absolute Gasteiger partial charge is 0.416 e. The fraction of sp³-hybridized carbons (Fsp3) is 0.0417. The Kier molecular flexibility index (Phi) is 9.05. The summed E-state index contributed by atoms with van der Waals surface area (Å²) in [5.41, 5.74) is 2.99. The van der Waals surface area contributed by atoms with Crippen LogP contribution in [0.2, 0.25) is 0 Å². The van der Waals surface area contributed by atoms with Gasteiger partial charge < -0.3 is 4.57 Å². The van der Waals surface area contributed by atoms with Crippen molar-refractivity contribution in [2.45, 2.75) is 12.4 Å². The lowest BCUT2D eigenvalue weighted by Crippen LogP contribution is -2.11. The zero-order chi connectivity index (χ0) is 40.9. The maximum Gasteiger partial charge on any atom is 0.416 e. The number of hydrogen-bond donors (Lipinski definition) is 0. The van der Waals surface area contributed by atoms with Crippen molar-refractivity contribution in [2.75, 3.05) is 0 Å². The molecule has 59 heavy (non-hydrogen) atoms. The van der Waals surface area contributed by atoms with Gasteiger partial charge in [0, 0.05) is 27.5 Å². The Morgan fingerprint density at radius 2 is 0.932 bits per heavy atom. The molecule has 2 heterocycles. The minimum absolute atomic E-state index is 0.112. The van der Waals surface area contributed by atoms with Crippen LogP contribution < -0.4 is 0 Å². The van der Waals surface area contributed by atoms with Crippen molar-refractivity contribution in [3.05, 3.63) is 180 Å². The zero-order valence-corrected chi connectivity index (χ0v) is 30.6. The number of benzene rings is 7. The average Bonchev–Trinajstić information content (AvgIpc) is 3.59. The SMILES string of the molecule is N#Cc1ccc(-c2ccc3c(c2)c2ccccc2n3-c2cc(-c3cc(C(F)(F)F)cc(C(F)(F)F)c3)ccc2-c2nc(-c3ccccc3)nc(-c3ccccc3)n2)cc1. The molecule has 0 aliphatic carbocycles. The van der Waals surface area contributed by atoms with E-state index in [0.29, 0.717) is 45.1 Å². The Morgan fingerprint density at radius 3 is 1.53 bits per heavy atom. The van der Waals surface area contributed by atoms with Gasteiger partial charge in [0.25, 0.3) is 0 Å². The van der Waals surface area contributed by atoms with Crippen LogP contribution >= 0.6 is 0 Å². The number of nitriles is 1. The molecule has 0 fully saturated rings. The maximum atomic E-state index is 14.1. The van der Waals surface area contributed by atoms with E-state index in [1.807, 2.05) is 120 Å². The Balaban J connectivity index is 1.35. The molecule has 0 amide bonds. The summed E-state index contributed by atoms with van der Waals surface area (Å²) in [5, 5.41) is 11.0. The van der Waals surface area contributed by atoms with E-state index in [1.54, 1.807) is 24.3 Å². The lowest BCUT2D eigenvalue weighted by atomic mass is 9.97. The van der Waals surface area contributed by atoms with Gasteiger partial charge in [-0.25, -0.2) is 15.0 Å². The highest BCUT2D eigenvalue weighted by Crippen LogP contribution is 2.42. The molecular formula is C48H27F6N5. The molecule has 0 saturated heterocycles. The van der Waals surface area contributed by atoms with Crippen molar-refractivity contribution in [3.8, 4) is 68.2 Å². The van der Waals surface area contributed by atoms with Gasteiger partial charge in [-0.1, -0.05) is 103 Å². The van der Waals surface area contributed by atoms with Gasteiger partial charge in [-0.15, -0.1) is 0 Å². The lowest BCUT2D eigenvalue weighted by Gasteiger charge is -2.18. The second kappa shape index (κ2) is 14.4. The van der Waals surface area contributed by atoms with E-state index in [2.05, 4.69) is 6.07 Å². The number of nitrogens with zero attached hydrogens (tertiary/aromatic N) is 5. The number of halogens is 6. The second-order valence-corrected chi connectivity index (χ2v) is 13.8. The summed E-state index contributed by atoms with van der Waals surface area (Å²) < 4.78 is 86.7. The summed E-state index contributed by atoms with van der Waals surface area (Å²) in [6, 6.07) is 47.7. The Hall–Kier alpha value is -7.58. The fourth-order valence-electron chi connectivity index (χ4n) is 7.29. The van der Waals surface area contributed by atoms with Gasteiger partial charge in [-0.3, -0.25) is 0 Å². The summed E-state index contributed by atoms with van der Waals surface area (Å²) in [4.78, 5) is 14.7. The molecule has 0 unspecified atom stereocenters. The van der Waals surface area contributed by atoms with E-state index in [-0.39, 0.29) is 23.0 Å². The van der Waals surface area contributed by atoms with Crippen molar-refractivity contribution >= 4 is 21.8 Å². The normalized spacial score (nSPS) is 11.9. The Morgan fingerprint density at radius 1 is 0.424 bits per heavy atom. The van der Waals surface area contributed by atoms with Crippen molar-refractivity contribution < 1.29 is 26.3 Å². The van der Waals surface area contributed by atoms with E-state index in [9.17, 15) is 31.6 Å². The molecule has 0 aliphatic rings. The highest BCUT2D eigenvalue weighted by molar-refractivity contribution is 6.11. The van der Waals surface area contributed by atoms with Crippen molar-refractivity contribution in [1.29, 1.82) is 5.26 Å². The third kappa shape index (κ3) is 7.06. The minimum Gasteiger partial charge on any atom is -0.308 e. The van der Waals surface area contributed by atoms with Crippen molar-refractivity contribution in [1.82, 2.24) is 19.5 Å². The molecule has 11 heteroatoms. The van der Waals surface area contributed by atoms with Crippen molar-refractivity contribution in [3.63, 3.8) is 0 Å². The zero-order valence-electron chi connectivity index (χ0n) is 30.6. The quantitative estimate of drug-likeness (QED) is 0.157. The number of aromatic nitrogens is 4. The molecular weight excluding hydrogens is 761 g/mol. The number of fused-ring (bicyclic) bond motifs is 3. The molecule has 0 radical (unpaired) electrons. The third-order valence-electron chi connectivity index (χ3n) is 10.1. The van der Waals surface area contributed by atoms with Crippen LogP contribution in [0.5, 0.6) is 0 Å². The van der Waals surface area contributed by atoms with Crippen LogP contribution in [-0.4, -0.2) is 19.5 Å². The van der Waals surface area contributed by atoms with E-state index < -0.39 is 23.5 Å². The molecule has 9 aromatic rings. The van der Waals surface area contributed by atoms with Crippen LogP contribution in [-0.2, 0) is 12.4 Å². The summed E-state index contributed by atoms with van der Waals surface area (Å²) in [5.74, 6) is 0.970. The van der Waals surface area contributed by atoms with E-state index in [4.69, 9.17) is 15.0 Å². The molecule has 286 valence electrons. The third-order valence-corrected chi connectivity index (χ3v) is 10.1. The lowest BCUT2D eigenvalue weighted by molar-refractivity contribution is -0.143. The van der Waals surface area contributed by atoms with Crippen LogP contribution in [0.4, 0.5) is 26.3 Å². The molecule has 0 saturated carbocycles. The van der Waals surface area contributed by atoms with Crippen LogP contribution in [0.1, 0.15) is 16.7 Å². The first-order valence-corrected chi connectivity index (χ1v) is 18.3. The first-order chi connectivity index (χ1) is 28.4. The topological polar surface area (TPSA) is 67.4 Å². The average molecular weight is 788 g/mol. The summed E-state index contributed by atoms with van der Waals surface area (Å²) in [6.45, 7) is 0. The van der Waals surface area contributed by atoms with Gasteiger partial charge in [0.2, 0.25) is 0 Å². The van der Waals surface area contributed by atoms with Crippen molar-refractivity contribution in [2.24, 2.45) is 0 Å². The molecule has 5 nitrogen and oxygen atoms in total. The maximum absolute atomic E-state index is 14.1. The van der Waals surface area contributed by atoms with Gasteiger partial charge >= 0.3 is 12.4 Å². The molecule has 0 atom stereocenters. The number of para-hydroxylation sites is 1. The first kappa shape index (κ1) is 37.0. The van der Waals surface area contributed by atoms with E-state index >= 15 is 0 Å². The molecule has 2 aromatic heterocycles. The second-order valence-electron chi connectivity index (χ2n) is 13.8. The predicted octanol–water partition coefficient (Wildman–Crippen LogP) is 13.2. The van der Waals surface area contributed by atoms with Crippen LogP contribution in [0.25, 0.3) is 83.9 Å². The van der Waals surface area contributed by atoms with Crippen LogP contribution in [0.3, 0.4) is 0 Å². The van der Waals surface area contributed by atoms with E-state index in [0.717, 1.165) is 39.5 Å². The molecule has 0 N–H and O–H groups in total. The van der Waals surface area contributed by atoms with Crippen LogP contribution in [0.15, 0.2) is 164 Å². The highest BCUT2D eigenvalue weighted by Gasteiger charge is 2.37. The number of rotatable bonds is 6. The van der Waals surface area contributed by atoms with Gasteiger partial charge in [-0.05, 0) is 82.9 Å². The molecule has 0 spiro atoms. The van der Waals surface area contributed by atoms with Gasteiger partial charge in [0.15, 0.2) is 17.5 Å². The molecule has 9 rings (SSSR count). The smallest absolute Gasteiger partial charge is 0.308 e. The predicted molar refractivity (Wildman–Crippen MR) is 216 cm³/mol. The summed E-state index contributed by atoms with van der Waals surface area (Å²) >= 11 is 0. The summed E-state index contributed by atoms with van der Waals surface area (Å²) in [6.07, 6.45) is -10.1. The Labute approximate surface area is 333 Å². The monoisotopic (exact) mass is 787 g/mol. The van der Waals surface area contributed by atoms with Gasteiger partial charge in [0.05, 0.1) is 39.5 Å². The van der Waals surface area contributed by atoms with Crippen LogP contribution in [0, 0.1) is 11.3 Å². The molecule has 0 aliphatic heterocycles. The molecule has 7 aromatic carbocycles. The first-order valence-electron chi connectivity index (χ1n) is 18.3. The van der Waals surface area contributed by atoms with E-state index in [1.165, 1.54) is 6.07 Å². The fourth-order valence-corrected chi connectivity index (χ4v) is 7.29. The minimum atomic E-state index is -5.04. The number of hydrogen-bond acceptors (Lipinski definition) is 4. The summed E-state index contributed by atoms with van der Waals surface area (Å²) in [7, 11) is 0. The number of alkyl halides is 6. The molecule has 0 bridgehead atoms. The Bertz CT molecular complexity index is 2990.